The van der Waals surface area contributed by atoms with Crippen LogP contribution in [0, 0.1) is 13.8 Å². The molecule has 0 N–H and O–H groups in total. The highest BCUT2D eigenvalue weighted by molar-refractivity contribution is 7.20. The molecule has 11 rings (SSSR count). The Morgan fingerprint density at radius 1 is 0.368 bits per heavy atom. The van der Waals surface area contributed by atoms with Crippen molar-refractivity contribution in [1.82, 2.24) is 0 Å². The number of anilines is 6. The quantitative estimate of drug-likeness (QED) is 0.116. The SMILES string of the molecule is Cc1ccc(N2c3ccc([Si](c4ccccc4)(c4ccccc4)c4ccccc4)cc3B3c4cc(C(C)(C)C)ccc4N(c4ccc(C(C)(C)C)cc4)c4cc(C)cc2c43)c(-c2ccccc2)c1. The molecular formula is C64H59BN2Si. The molecule has 332 valence electrons. The second-order valence-corrected chi connectivity index (χ2v) is 25.0. The lowest BCUT2D eigenvalue weighted by Crippen LogP contribution is -2.75. The van der Waals surface area contributed by atoms with Crippen LogP contribution in [0.3, 0.4) is 0 Å². The molecule has 68 heavy (non-hydrogen) atoms. The van der Waals surface area contributed by atoms with Crippen LogP contribution in [0.15, 0.2) is 212 Å². The predicted octanol–water partition coefficient (Wildman–Crippen LogP) is 12.0. The van der Waals surface area contributed by atoms with Crippen molar-refractivity contribution in [3.63, 3.8) is 0 Å². The molecule has 0 aliphatic carbocycles. The van der Waals surface area contributed by atoms with Gasteiger partial charge in [-0.1, -0.05) is 211 Å². The fraction of sp³-hybridized carbons (Fsp3) is 0.156. The van der Waals surface area contributed by atoms with Crippen molar-refractivity contribution in [1.29, 1.82) is 0 Å². The second kappa shape index (κ2) is 16.6. The number of hydrogen-bond donors (Lipinski definition) is 0. The first-order chi connectivity index (χ1) is 32.8. The third-order valence-corrected chi connectivity index (χ3v) is 19.4. The van der Waals surface area contributed by atoms with Gasteiger partial charge in [0.1, 0.15) is 0 Å². The van der Waals surface area contributed by atoms with E-state index in [1.807, 2.05) is 0 Å². The van der Waals surface area contributed by atoms with Gasteiger partial charge in [-0.15, -0.1) is 0 Å². The van der Waals surface area contributed by atoms with Gasteiger partial charge in [-0.05, 0) is 133 Å². The van der Waals surface area contributed by atoms with E-state index in [0.29, 0.717) is 0 Å². The van der Waals surface area contributed by atoms with Gasteiger partial charge in [-0.3, -0.25) is 0 Å². The van der Waals surface area contributed by atoms with Gasteiger partial charge in [0.05, 0.1) is 5.69 Å². The summed E-state index contributed by atoms with van der Waals surface area (Å²) in [6, 6.07) is 81.3. The molecule has 0 spiro atoms. The average Bonchev–Trinajstić information content (AvgIpc) is 3.35. The van der Waals surface area contributed by atoms with Crippen LogP contribution in [0.1, 0.15) is 63.8 Å². The molecule has 2 heterocycles. The molecule has 0 radical (unpaired) electrons. The topological polar surface area (TPSA) is 6.48 Å². The Labute approximate surface area is 405 Å². The Bertz CT molecular complexity index is 3220. The third-order valence-electron chi connectivity index (χ3n) is 14.6. The number of fused-ring (bicyclic) bond motifs is 4. The van der Waals surface area contributed by atoms with E-state index in [9.17, 15) is 0 Å². The molecule has 0 unspecified atom stereocenters. The zero-order valence-corrected chi connectivity index (χ0v) is 41.7. The Balaban J connectivity index is 1.28. The van der Waals surface area contributed by atoms with E-state index in [1.54, 1.807) is 0 Å². The van der Waals surface area contributed by atoms with Crippen LogP contribution < -0.4 is 46.9 Å². The van der Waals surface area contributed by atoms with Crippen molar-refractivity contribution in [3.05, 3.63) is 235 Å². The van der Waals surface area contributed by atoms with Crippen LogP contribution in [0.2, 0.25) is 0 Å². The number of rotatable bonds is 7. The highest BCUT2D eigenvalue weighted by Crippen LogP contribution is 2.47. The van der Waals surface area contributed by atoms with E-state index in [0.717, 1.165) is 0 Å². The second-order valence-electron chi connectivity index (χ2n) is 21.1. The summed E-state index contributed by atoms with van der Waals surface area (Å²) in [5.41, 5.74) is 18.8. The van der Waals surface area contributed by atoms with E-state index >= 15 is 0 Å². The Hall–Kier alpha value is -7.14. The van der Waals surface area contributed by atoms with E-state index < -0.39 is 8.07 Å². The van der Waals surface area contributed by atoms with Crippen LogP contribution in [-0.4, -0.2) is 14.8 Å². The molecule has 2 nitrogen and oxygen atoms in total. The molecule has 2 aliphatic rings. The first-order valence-electron chi connectivity index (χ1n) is 24.3. The van der Waals surface area contributed by atoms with Crippen molar-refractivity contribution >= 4 is 86.0 Å². The van der Waals surface area contributed by atoms with Crippen molar-refractivity contribution in [2.75, 3.05) is 9.80 Å². The van der Waals surface area contributed by atoms with Crippen molar-refractivity contribution in [2.45, 2.75) is 66.2 Å². The van der Waals surface area contributed by atoms with Crippen molar-refractivity contribution in [3.8, 4) is 11.1 Å². The Morgan fingerprint density at radius 2 is 0.838 bits per heavy atom. The predicted molar refractivity (Wildman–Crippen MR) is 296 cm³/mol. The van der Waals surface area contributed by atoms with E-state index in [1.165, 1.54) is 105 Å². The number of hydrogen-bond acceptors (Lipinski definition) is 2. The standard InChI is InChI=1S/C64H59BN2Si/c1-44-29-36-57(54(39-44)46-21-13-9-14-22-46)67-59-38-35-53(68(50-23-15-10-16-24-50,51-25-17-11-18-26-51)52-27-19-12-20-28-52)43-56(59)65-55-42-48(64(6,7)8)32-37-58(55)66(60-40-45(2)41-61(67)62(60)65)49-33-30-47(31-34-49)63(3,4)5/h9-43H,1-8H3. The Kier molecular flexibility index (Phi) is 10.6. The molecule has 4 heteroatoms. The third kappa shape index (κ3) is 7.16. The lowest BCUT2D eigenvalue weighted by molar-refractivity contribution is 0.590. The van der Waals surface area contributed by atoms with Crippen LogP contribution in [0.4, 0.5) is 34.1 Å². The minimum Gasteiger partial charge on any atom is -0.311 e. The summed E-state index contributed by atoms with van der Waals surface area (Å²) < 4.78 is 0. The summed E-state index contributed by atoms with van der Waals surface area (Å²) in [6.07, 6.45) is 0. The van der Waals surface area contributed by atoms with Gasteiger partial charge in [0.2, 0.25) is 0 Å². The number of aryl methyl sites for hydroxylation is 2. The fourth-order valence-electron chi connectivity index (χ4n) is 11.2. The van der Waals surface area contributed by atoms with Crippen molar-refractivity contribution in [2.24, 2.45) is 0 Å². The molecule has 0 amide bonds. The first-order valence-corrected chi connectivity index (χ1v) is 26.3. The highest BCUT2D eigenvalue weighted by atomic mass is 28.3. The minimum absolute atomic E-state index is 0.0394. The largest absolute Gasteiger partial charge is 0.311 e. The summed E-state index contributed by atoms with van der Waals surface area (Å²) in [5, 5.41) is 5.49. The zero-order chi connectivity index (χ0) is 47.0. The van der Waals surface area contributed by atoms with Crippen molar-refractivity contribution < 1.29 is 0 Å². The highest BCUT2D eigenvalue weighted by Gasteiger charge is 2.47. The summed E-state index contributed by atoms with van der Waals surface area (Å²) in [5.74, 6) is 0. The van der Waals surface area contributed by atoms with Gasteiger partial charge in [0.15, 0.2) is 8.07 Å². The maximum atomic E-state index is 2.65. The van der Waals surface area contributed by atoms with Crippen LogP contribution in [-0.2, 0) is 10.8 Å². The summed E-state index contributed by atoms with van der Waals surface area (Å²) in [7, 11) is -2.92. The molecule has 0 fully saturated rings. The summed E-state index contributed by atoms with van der Waals surface area (Å²) in [4.78, 5) is 5.17. The average molecular weight is 895 g/mol. The van der Waals surface area contributed by atoms with Gasteiger partial charge >= 0.3 is 0 Å². The van der Waals surface area contributed by atoms with E-state index in [-0.39, 0.29) is 17.5 Å². The van der Waals surface area contributed by atoms with Gasteiger partial charge < -0.3 is 9.80 Å². The van der Waals surface area contributed by atoms with Gasteiger partial charge in [-0.25, -0.2) is 0 Å². The smallest absolute Gasteiger partial charge is 0.252 e. The molecule has 0 aromatic heterocycles. The molecule has 9 aromatic rings. The first kappa shape index (κ1) is 43.4. The summed E-state index contributed by atoms with van der Waals surface area (Å²) >= 11 is 0. The van der Waals surface area contributed by atoms with Crippen LogP contribution in [0.5, 0.6) is 0 Å². The van der Waals surface area contributed by atoms with Gasteiger partial charge in [-0.2, -0.15) is 0 Å². The number of nitrogens with zero attached hydrogens (tertiary/aromatic N) is 2. The maximum Gasteiger partial charge on any atom is 0.252 e. The minimum atomic E-state index is -2.92. The molecule has 0 atom stereocenters. The molecule has 0 bridgehead atoms. The molecular weight excluding hydrogens is 836 g/mol. The lowest BCUT2D eigenvalue weighted by Gasteiger charge is -2.45. The van der Waals surface area contributed by atoms with Crippen LogP contribution >= 0.6 is 0 Å². The molecule has 0 saturated heterocycles. The normalized spacial score (nSPS) is 13.2. The van der Waals surface area contributed by atoms with E-state index in [2.05, 4.69) is 278 Å². The molecule has 0 saturated carbocycles. The lowest BCUT2D eigenvalue weighted by atomic mass is 9.33. The molecule has 2 aliphatic heterocycles. The Morgan fingerprint density at radius 3 is 1.40 bits per heavy atom. The van der Waals surface area contributed by atoms with Gasteiger partial charge in [0, 0.05) is 34.0 Å². The summed E-state index contributed by atoms with van der Waals surface area (Å²) in [6.45, 7) is 18.4. The monoisotopic (exact) mass is 894 g/mol. The maximum absolute atomic E-state index is 2.92. The van der Waals surface area contributed by atoms with Crippen LogP contribution in [0.25, 0.3) is 11.1 Å². The van der Waals surface area contributed by atoms with Gasteiger partial charge in [0.25, 0.3) is 6.71 Å². The zero-order valence-electron chi connectivity index (χ0n) is 40.7. The molecule has 9 aromatic carbocycles. The van der Waals surface area contributed by atoms with E-state index in [4.69, 9.17) is 0 Å². The fourth-order valence-corrected chi connectivity index (χ4v) is 16.0. The number of benzene rings is 9.